The van der Waals surface area contributed by atoms with Crippen LogP contribution in [0.2, 0.25) is 0 Å². The first kappa shape index (κ1) is 27.0. The van der Waals surface area contributed by atoms with Crippen molar-refractivity contribution in [1.82, 2.24) is 29.7 Å². The van der Waals surface area contributed by atoms with Gasteiger partial charge in [0.2, 0.25) is 5.91 Å². The quantitative estimate of drug-likeness (QED) is 0.285. The molecule has 3 saturated heterocycles. The van der Waals surface area contributed by atoms with Crippen LogP contribution < -0.4 is 11.1 Å². The van der Waals surface area contributed by atoms with Gasteiger partial charge in [0.15, 0.2) is 34.8 Å². The lowest BCUT2D eigenvalue weighted by molar-refractivity contribution is -0.197. The molecule has 1 unspecified atom stereocenters. The number of anilines is 1. The highest BCUT2D eigenvalue weighted by Crippen LogP contribution is 2.45. The van der Waals surface area contributed by atoms with Gasteiger partial charge in [-0.05, 0) is 39.2 Å². The second-order valence-electron chi connectivity index (χ2n) is 11.6. The zero-order valence-electron chi connectivity index (χ0n) is 23.7. The third-order valence-electron chi connectivity index (χ3n) is 7.99. The van der Waals surface area contributed by atoms with Crippen LogP contribution in [0.15, 0.2) is 36.8 Å². The van der Waals surface area contributed by atoms with Crippen LogP contribution in [0.4, 0.5) is 5.82 Å². The molecule has 4 aromatic rings. The van der Waals surface area contributed by atoms with Crippen LogP contribution in [-0.4, -0.2) is 79.0 Å². The maximum absolute atomic E-state index is 11.6. The van der Waals surface area contributed by atoms with Gasteiger partial charge in [0.05, 0.1) is 31.3 Å². The molecule has 0 aliphatic carbocycles. The van der Waals surface area contributed by atoms with Crippen LogP contribution in [0.5, 0.6) is 0 Å². The lowest BCUT2D eigenvalue weighted by atomic mass is 10.0. The number of ether oxygens (including phenoxy) is 4. The minimum atomic E-state index is -0.813. The van der Waals surface area contributed by atoms with Crippen molar-refractivity contribution in [1.29, 1.82) is 0 Å². The largest absolute Gasteiger partial charge is 0.379 e. The van der Waals surface area contributed by atoms with Crippen LogP contribution in [0, 0.1) is 6.92 Å². The van der Waals surface area contributed by atoms with Crippen molar-refractivity contribution in [3.63, 3.8) is 0 Å². The Morgan fingerprint density at radius 1 is 1.19 bits per heavy atom. The van der Waals surface area contributed by atoms with Gasteiger partial charge in [-0.25, -0.2) is 15.0 Å². The lowest BCUT2D eigenvalue weighted by Crippen LogP contribution is -2.30. The van der Waals surface area contributed by atoms with E-state index in [-0.39, 0.29) is 24.7 Å². The van der Waals surface area contributed by atoms with Crippen LogP contribution in [0.25, 0.3) is 33.8 Å². The summed E-state index contributed by atoms with van der Waals surface area (Å²) in [5, 5.41) is 11.0. The number of H-pyrrole nitrogens is 1. The highest BCUT2D eigenvalue weighted by Gasteiger charge is 2.56. The number of carbonyl (C=O) groups excluding carboxylic acids is 1. The molecule has 3 aliphatic rings. The number of rotatable bonds is 8. The first-order valence-electron chi connectivity index (χ1n) is 14.2. The number of amides is 1. The van der Waals surface area contributed by atoms with Crippen LogP contribution >= 0.6 is 0 Å². The molecule has 7 rings (SSSR count). The minimum Gasteiger partial charge on any atom is -0.379 e. The van der Waals surface area contributed by atoms with Gasteiger partial charge in [0, 0.05) is 18.6 Å². The molecule has 1 amide bonds. The van der Waals surface area contributed by atoms with E-state index >= 15 is 0 Å². The average Bonchev–Trinajstić information content (AvgIpc) is 3.77. The molecular weight excluding hydrogens is 540 g/mol. The highest BCUT2D eigenvalue weighted by molar-refractivity contribution is 5.87. The summed E-state index contributed by atoms with van der Waals surface area (Å²) in [6.07, 6.45) is 3.13. The average molecular weight is 575 g/mol. The van der Waals surface area contributed by atoms with E-state index in [4.69, 9.17) is 39.6 Å². The van der Waals surface area contributed by atoms with Gasteiger partial charge in [-0.1, -0.05) is 29.8 Å². The molecule has 0 bridgehead atoms. The molecule has 6 heterocycles. The third kappa shape index (κ3) is 4.91. The maximum Gasteiger partial charge on any atom is 0.217 e. The molecule has 5 atom stereocenters. The Morgan fingerprint density at radius 2 is 2.00 bits per heavy atom. The SMILES string of the molecule is Cc1ccc(-c2cn[nH]c2-c2nc(NC3CCOC3)c3ncn([C@@H]4O[C@@H](CCC(N)=O)[C@H]5OC(C)(C)O[C@H]54)c3n2)cc1. The van der Waals surface area contributed by atoms with Gasteiger partial charge >= 0.3 is 0 Å². The zero-order valence-corrected chi connectivity index (χ0v) is 23.7. The van der Waals surface area contributed by atoms with E-state index in [2.05, 4.69) is 46.7 Å². The van der Waals surface area contributed by atoms with E-state index in [1.54, 1.807) is 12.5 Å². The Bertz CT molecular complexity index is 1610. The molecule has 13 heteroatoms. The molecule has 0 spiro atoms. The predicted molar refractivity (Wildman–Crippen MR) is 152 cm³/mol. The van der Waals surface area contributed by atoms with Crippen LogP contribution in [-0.2, 0) is 23.7 Å². The van der Waals surface area contributed by atoms with E-state index in [0.29, 0.717) is 48.1 Å². The normalized spacial score (nSPS) is 26.6. The Balaban J connectivity index is 1.32. The summed E-state index contributed by atoms with van der Waals surface area (Å²) in [6, 6.07) is 8.33. The molecule has 3 aliphatic heterocycles. The van der Waals surface area contributed by atoms with Crippen molar-refractivity contribution in [2.75, 3.05) is 18.5 Å². The number of primary amides is 1. The number of aryl methyl sites for hydroxylation is 1. The smallest absolute Gasteiger partial charge is 0.217 e. The van der Waals surface area contributed by atoms with E-state index in [1.807, 2.05) is 18.4 Å². The molecule has 4 N–H and O–H groups in total. The van der Waals surface area contributed by atoms with Gasteiger partial charge in [0.1, 0.15) is 17.9 Å². The Morgan fingerprint density at radius 3 is 2.76 bits per heavy atom. The van der Waals surface area contributed by atoms with Crippen molar-refractivity contribution in [2.24, 2.45) is 5.73 Å². The van der Waals surface area contributed by atoms with Crippen molar-refractivity contribution >= 4 is 22.9 Å². The fraction of sp³-hybridized carbons (Fsp3) is 0.483. The molecule has 1 aromatic carbocycles. The first-order valence-corrected chi connectivity index (χ1v) is 14.2. The number of nitrogens with zero attached hydrogens (tertiary/aromatic N) is 5. The summed E-state index contributed by atoms with van der Waals surface area (Å²) in [5.74, 6) is -0.148. The molecule has 3 aromatic heterocycles. The Hall–Kier alpha value is -3.91. The number of aromatic nitrogens is 6. The van der Waals surface area contributed by atoms with Crippen molar-refractivity contribution < 1.29 is 23.7 Å². The molecule has 220 valence electrons. The summed E-state index contributed by atoms with van der Waals surface area (Å²) in [7, 11) is 0. The molecular formula is C29H34N8O5. The maximum atomic E-state index is 11.6. The van der Waals surface area contributed by atoms with Gasteiger partial charge < -0.3 is 30.0 Å². The number of hydrogen-bond acceptors (Lipinski definition) is 10. The van der Waals surface area contributed by atoms with Crippen molar-refractivity contribution in [2.45, 2.75) is 76.4 Å². The molecule has 42 heavy (non-hydrogen) atoms. The summed E-state index contributed by atoms with van der Waals surface area (Å²) in [5.41, 5.74) is 10.4. The Labute approximate surface area is 242 Å². The number of imidazole rings is 1. The second-order valence-corrected chi connectivity index (χ2v) is 11.6. The Kier molecular flexibility index (Phi) is 6.69. The fourth-order valence-electron chi connectivity index (χ4n) is 5.97. The van der Waals surface area contributed by atoms with Crippen molar-refractivity contribution in [3.8, 4) is 22.6 Å². The lowest BCUT2D eigenvalue weighted by Gasteiger charge is -2.24. The number of nitrogens with two attached hydrogens (primary N) is 1. The van der Waals surface area contributed by atoms with E-state index in [9.17, 15) is 4.79 Å². The minimum absolute atomic E-state index is 0.0945. The molecule has 0 radical (unpaired) electrons. The van der Waals surface area contributed by atoms with Crippen LogP contribution in [0.3, 0.4) is 0 Å². The molecule has 13 nitrogen and oxygen atoms in total. The summed E-state index contributed by atoms with van der Waals surface area (Å²) in [4.78, 5) is 26.2. The number of benzene rings is 1. The molecule has 3 fully saturated rings. The predicted octanol–water partition coefficient (Wildman–Crippen LogP) is 3.08. The number of fused-ring (bicyclic) bond motifs is 2. The number of nitrogens with one attached hydrogen (secondary N) is 2. The van der Waals surface area contributed by atoms with Gasteiger partial charge in [-0.15, -0.1) is 0 Å². The van der Waals surface area contributed by atoms with E-state index in [1.165, 1.54) is 5.56 Å². The van der Waals surface area contributed by atoms with Gasteiger partial charge in [0.25, 0.3) is 0 Å². The topological polar surface area (TPSA) is 164 Å². The van der Waals surface area contributed by atoms with Crippen LogP contribution in [0.1, 0.15) is 44.9 Å². The number of carbonyl (C=O) groups is 1. The van der Waals surface area contributed by atoms with Gasteiger partial charge in [-0.2, -0.15) is 5.10 Å². The van der Waals surface area contributed by atoms with E-state index in [0.717, 1.165) is 17.5 Å². The number of aromatic amines is 1. The van der Waals surface area contributed by atoms with Crippen molar-refractivity contribution in [3.05, 3.63) is 42.4 Å². The highest BCUT2D eigenvalue weighted by atomic mass is 16.8. The number of hydrogen-bond donors (Lipinski definition) is 3. The summed E-state index contributed by atoms with van der Waals surface area (Å²) in [6.45, 7) is 7.06. The summed E-state index contributed by atoms with van der Waals surface area (Å²) < 4.78 is 26.5. The fourth-order valence-corrected chi connectivity index (χ4v) is 5.97. The second kappa shape index (κ2) is 10.4. The third-order valence-corrected chi connectivity index (χ3v) is 7.99. The monoisotopic (exact) mass is 574 g/mol. The standard InChI is InChI=1S/C29H34N8O5/c1-15-4-6-16(7-5-15)18-12-32-36-21(18)25-34-26(33-17-10-11-39-13-17)22-27(35-25)37(14-31-22)28-24-23(41-29(2,3)42-24)19(40-28)8-9-20(30)38/h4-7,12,14,17,19,23-24,28H,8-11,13H2,1-3H3,(H2,30,38)(H,32,36)(H,33,34,35)/t17?,19-,23+,24+,28+/m0/s1. The first-order chi connectivity index (χ1) is 20.3. The van der Waals surface area contributed by atoms with Gasteiger partial charge in [-0.3, -0.25) is 14.5 Å². The zero-order chi connectivity index (χ0) is 29.0. The molecule has 0 saturated carbocycles. The van der Waals surface area contributed by atoms with E-state index < -0.39 is 24.0 Å². The summed E-state index contributed by atoms with van der Waals surface area (Å²) >= 11 is 0.